The Morgan fingerprint density at radius 3 is 2.19 bits per heavy atom. The maximum Gasteiger partial charge on any atom is 0.260 e. The van der Waals surface area contributed by atoms with E-state index in [-0.39, 0.29) is 42.5 Å². The van der Waals surface area contributed by atoms with Crippen LogP contribution in [-0.4, -0.2) is 72.5 Å². The van der Waals surface area contributed by atoms with Gasteiger partial charge in [0.15, 0.2) is 6.61 Å². The highest BCUT2D eigenvalue weighted by Crippen LogP contribution is 2.19. The molecule has 0 bridgehead atoms. The SMILES string of the molecule is CC1CN(C(=O)c2ccc(CNC(=O)C3CCN(C(=O)COc4ccccc4)CC3)cc2)CC(C)O1. The minimum absolute atomic E-state index is 0.000852. The zero-order valence-electron chi connectivity index (χ0n) is 21.0. The monoisotopic (exact) mass is 493 g/mol. The molecule has 3 amide bonds. The van der Waals surface area contributed by atoms with Crippen molar-refractivity contribution in [1.82, 2.24) is 15.1 Å². The van der Waals surface area contributed by atoms with Crippen LogP contribution < -0.4 is 10.1 Å². The topological polar surface area (TPSA) is 88.2 Å². The van der Waals surface area contributed by atoms with Crippen LogP contribution in [0.25, 0.3) is 0 Å². The Morgan fingerprint density at radius 1 is 0.917 bits per heavy atom. The van der Waals surface area contributed by atoms with E-state index in [1.807, 2.05) is 73.3 Å². The number of nitrogens with zero attached hydrogens (tertiary/aromatic N) is 2. The maximum absolute atomic E-state index is 12.8. The number of nitrogens with one attached hydrogen (secondary N) is 1. The van der Waals surface area contributed by atoms with Crippen LogP contribution in [0.2, 0.25) is 0 Å². The molecule has 192 valence electrons. The number of benzene rings is 2. The lowest BCUT2D eigenvalue weighted by molar-refractivity contribution is -0.137. The summed E-state index contributed by atoms with van der Waals surface area (Å²) in [7, 11) is 0. The highest BCUT2D eigenvalue weighted by molar-refractivity contribution is 5.94. The molecule has 2 aromatic carbocycles. The Balaban J connectivity index is 1.19. The van der Waals surface area contributed by atoms with Crippen molar-refractivity contribution in [3.8, 4) is 5.75 Å². The van der Waals surface area contributed by atoms with Gasteiger partial charge in [-0.2, -0.15) is 0 Å². The molecule has 2 heterocycles. The van der Waals surface area contributed by atoms with Crippen molar-refractivity contribution in [2.45, 2.75) is 45.4 Å². The summed E-state index contributed by atoms with van der Waals surface area (Å²) in [5, 5.41) is 3.00. The van der Waals surface area contributed by atoms with Gasteiger partial charge in [0.1, 0.15) is 5.75 Å². The Labute approximate surface area is 212 Å². The summed E-state index contributed by atoms with van der Waals surface area (Å²) in [4.78, 5) is 41.5. The standard InChI is InChI=1S/C28H35N3O5/c1-20-17-31(18-21(2)36-20)28(34)24-10-8-22(9-11-24)16-29-27(33)23-12-14-30(15-13-23)26(32)19-35-25-6-4-3-5-7-25/h3-11,20-21,23H,12-19H2,1-2H3,(H,29,33). The van der Waals surface area contributed by atoms with E-state index in [0.29, 0.717) is 56.9 Å². The molecule has 1 N–H and O–H groups in total. The molecule has 0 spiro atoms. The Kier molecular flexibility index (Phi) is 8.59. The van der Waals surface area contributed by atoms with Gasteiger partial charge >= 0.3 is 0 Å². The number of likely N-dealkylation sites (tertiary alicyclic amines) is 1. The van der Waals surface area contributed by atoms with E-state index in [1.54, 1.807) is 4.90 Å². The molecule has 2 saturated heterocycles. The van der Waals surface area contributed by atoms with Crippen LogP contribution in [0.15, 0.2) is 54.6 Å². The first-order chi connectivity index (χ1) is 17.4. The molecule has 0 aliphatic carbocycles. The number of hydrogen-bond acceptors (Lipinski definition) is 5. The Bertz CT molecular complexity index is 1020. The molecule has 0 radical (unpaired) electrons. The van der Waals surface area contributed by atoms with Gasteiger partial charge in [-0.25, -0.2) is 0 Å². The van der Waals surface area contributed by atoms with Gasteiger partial charge in [0.05, 0.1) is 12.2 Å². The molecule has 0 saturated carbocycles. The van der Waals surface area contributed by atoms with Crippen molar-refractivity contribution < 1.29 is 23.9 Å². The van der Waals surface area contributed by atoms with E-state index in [4.69, 9.17) is 9.47 Å². The number of morpholine rings is 1. The van der Waals surface area contributed by atoms with E-state index >= 15 is 0 Å². The minimum atomic E-state index is -0.116. The average molecular weight is 494 g/mol. The van der Waals surface area contributed by atoms with E-state index < -0.39 is 0 Å². The fourth-order valence-electron chi connectivity index (χ4n) is 4.77. The van der Waals surface area contributed by atoms with Crippen molar-refractivity contribution in [1.29, 1.82) is 0 Å². The molecule has 36 heavy (non-hydrogen) atoms. The van der Waals surface area contributed by atoms with Crippen molar-refractivity contribution in [3.63, 3.8) is 0 Å². The molecule has 8 heteroatoms. The predicted octanol–water partition coefficient (Wildman–Crippen LogP) is 2.87. The number of para-hydroxylation sites is 1. The lowest BCUT2D eigenvalue weighted by Gasteiger charge is -2.35. The van der Waals surface area contributed by atoms with E-state index in [0.717, 1.165) is 5.56 Å². The maximum atomic E-state index is 12.8. The highest BCUT2D eigenvalue weighted by Gasteiger charge is 2.28. The summed E-state index contributed by atoms with van der Waals surface area (Å²) < 4.78 is 11.3. The van der Waals surface area contributed by atoms with Crippen LogP contribution in [0.4, 0.5) is 0 Å². The first-order valence-electron chi connectivity index (χ1n) is 12.7. The summed E-state index contributed by atoms with van der Waals surface area (Å²) in [5.74, 6) is 0.494. The predicted molar refractivity (Wildman–Crippen MR) is 135 cm³/mol. The van der Waals surface area contributed by atoms with Crippen LogP contribution in [0.5, 0.6) is 5.75 Å². The summed E-state index contributed by atoms with van der Waals surface area (Å²) in [6, 6.07) is 16.7. The smallest absolute Gasteiger partial charge is 0.260 e. The fraction of sp³-hybridized carbons (Fsp3) is 0.464. The molecular weight excluding hydrogens is 458 g/mol. The number of rotatable bonds is 7. The van der Waals surface area contributed by atoms with Gasteiger partial charge in [0.25, 0.3) is 11.8 Å². The molecule has 2 fully saturated rings. The van der Waals surface area contributed by atoms with E-state index in [9.17, 15) is 14.4 Å². The number of carbonyl (C=O) groups excluding carboxylic acids is 3. The van der Waals surface area contributed by atoms with Crippen LogP contribution in [0.1, 0.15) is 42.6 Å². The summed E-state index contributed by atoms with van der Waals surface area (Å²) in [6.07, 6.45) is 1.32. The Morgan fingerprint density at radius 2 is 1.56 bits per heavy atom. The van der Waals surface area contributed by atoms with Gasteiger partial charge in [0, 0.05) is 44.2 Å². The first-order valence-corrected chi connectivity index (χ1v) is 12.7. The molecule has 2 unspecified atom stereocenters. The van der Waals surface area contributed by atoms with Gasteiger partial charge in [-0.05, 0) is 56.5 Å². The van der Waals surface area contributed by atoms with Crippen molar-refractivity contribution in [3.05, 3.63) is 65.7 Å². The zero-order valence-corrected chi connectivity index (χ0v) is 21.0. The second-order valence-corrected chi connectivity index (χ2v) is 9.64. The summed E-state index contributed by atoms with van der Waals surface area (Å²) in [6.45, 7) is 6.63. The third-order valence-electron chi connectivity index (χ3n) is 6.70. The van der Waals surface area contributed by atoms with Gasteiger partial charge in [-0.15, -0.1) is 0 Å². The molecule has 0 aromatic heterocycles. The van der Waals surface area contributed by atoms with Crippen LogP contribution in [-0.2, 0) is 20.9 Å². The fourth-order valence-corrected chi connectivity index (χ4v) is 4.77. The largest absolute Gasteiger partial charge is 0.484 e. The molecule has 2 atom stereocenters. The Hall–Kier alpha value is -3.39. The van der Waals surface area contributed by atoms with E-state index in [1.165, 1.54) is 0 Å². The third-order valence-corrected chi connectivity index (χ3v) is 6.70. The normalized spacial score (nSPS) is 20.6. The second kappa shape index (κ2) is 12.0. The molecule has 2 aliphatic rings. The van der Waals surface area contributed by atoms with Crippen molar-refractivity contribution >= 4 is 17.7 Å². The van der Waals surface area contributed by atoms with E-state index in [2.05, 4.69) is 5.32 Å². The number of piperidine rings is 1. The average Bonchev–Trinajstić information content (AvgIpc) is 2.90. The zero-order chi connectivity index (χ0) is 25.5. The molecule has 8 nitrogen and oxygen atoms in total. The number of ether oxygens (including phenoxy) is 2. The quantitative estimate of drug-likeness (QED) is 0.641. The summed E-state index contributed by atoms with van der Waals surface area (Å²) >= 11 is 0. The molecule has 2 aliphatic heterocycles. The van der Waals surface area contributed by atoms with Crippen molar-refractivity contribution in [2.75, 3.05) is 32.8 Å². The van der Waals surface area contributed by atoms with Gasteiger partial charge in [-0.1, -0.05) is 30.3 Å². The minimum Gasteiger partial charge on any atom is -0.484 e. The number of amides is 3. The van der Waals surface area contributed by atoms with Gasteiger partial charge in [-0.3, -0.25) is 14.4 Å². The lowest BCUT2D eigenvalue weighted by atomic mass is 9.95. The highest BCUT2D eigenvalue weighted by atomic mass is 16.5. The first kappa shape index (κ1) is 25.7. The lowest BCUT2D eigenvalue weighted by Crippen LogP contribution is -2.48. The molecule has 2 aromatic rings. The third kappa shape index (κ3) is 6.85. The second-order valence-electron chi connectivity index (χ2n) is 9.64. The molecular formula is C28H35N3O5. The number of carbonyl (C=O) groups is 3. The van der Waals surface area contributed by atoms with Crippen molar-refractivity contribution in [2.24, 2.45) is 5.92 Å². The van der Waals surface area contributed by atoms with Gasteiger partial charge < -0.3 is 24.6 Å². The van der Waals surface area contributed by atoms with Gasteiger partial charge in [0.2, 0.25) is 5.91 Å². The molecule has 4 rings (SSSR count). The van der Waals surface area contributed by atoms with Crippen LogP contribution >= 0.6 is 0 Å². The summed E-state index contributed by atoms with van der Waals surface area (Å²) in [5.41, 5.74) is 1.58. The number of hydrogen-bond donors (Lipinski definition) is 1. The van der Waals surface area contributed by atoms with Crippen LogP contribution in [0.3, 0.4) is 0 Å². The van der Waals surface area contributed by atoms with Crippen LogP contribution in [0, 0.1) is 5.92 Å².